The largest absolute Gasteiger partial charge is 0.351 e. The van der Waals surface area contributed by atoms with Crippen LogP contribution in [-0.2, 0) is 19.4 Å². The van der Waals surface area contributed by atoms with Crippen LogP contribution in [0.3, 0.4) is 0 Å². The Morgan fingerprint density at radius 3 is 3.00 bits per heavy atom. The van der Waals surface area contributed by atoms with Gasteiger partial charge in [0.25, 0.3) is 0 Å². The van der Waals surface area contributed by atoms with E-state index in [2.05, 4.69) is 46.6 Å². The van der Waals surface area contributed by atoms with Gasteiger partial charge in [0.2, 0.25) is 0 Å². The molecule has 0 radical (unpaired) electrons. The summed E-state index contributed by atoms with van der Waals surface area (Å²) in [7, 11) is 0. The minimum absolute atomic E-state index is 0.231. The molecule has 2 N–H and O–H groups in total. The number of thiophene rings is 1. The van der Waals surface area contributed by atoms with E-state index in [9.17, 15) is 0 Å². The van der Waals surface area contributed by atoms with Crippen molar-refractivity contribution in [3.05, 3.63) is 46.4 Å². The highest BCUT2D eigenvalue weighted by molar-refractivity contribution is 7.07. The normalized spacial score (nSPS) is 12.9. The molecule has 0 amide bonds. The topological polar surface area (TPSA) is 30.9 Å². The molecule has 0 spiro atoms. The zero-order chi connectivity index (χ0) is 11.4. The van der Waals surface area contributed by atoms with Gasteiger partial charge in [-0.1, -0.05) is 0 Å². The number of nitrogens with two attached hydrogens (primary N) is 1. The van der Waals surface area contributed by atoms with Crippen molar-refractivity contribution in [2.75, 3.05) is 0 Å². The molecule has 1 unspecified atom stereocenters. The molecule has 2 rings (SSSR count). The second-order valence-corrected chi connectivity index (χ2v) is 5.04. The second kappa shape index (κ2) is 5.32. The van der Waals surface area contributed by atoms with Crippen molar-refractivity contribution in [1.82, 2.24) is 4.57 Å². The summed E-state index contributed by atoms with van der Waals surface area (Å²) in [5.41, 5.74) is 8.59. The molecule has 2 nitrogen and oxygen atoms in total. The molecular weight excluding hydrogens is 216 g/mol. The van der Waals surface area contributed by atoms with Crippen molar-refractivity contribution in [2.45, 2.75) is 32.4 Å². The third-order valence-corrected chi connectivity index (χ3v) is 3.41. The van der Waals surface area contributed by atoms with Crippen molar-refractivity contribution in [1.29, 1.82) is 0 Å². The second-order valence-electron chi connectivity index (χ2n) is 4.26. The quantitative estimate of drug-likeness (QED) is 0.847. The standard InChI is InChI=1S/C13H18N2S/c1-11(14)9-13-3-2-6-15(13)7-4-12-5-8-16-10-12/h2-3,5-6,8,10-11H,4,7,9,14H2,1H3. The fourth-order valence-corrected chi connectivity index (χ4v) is 2.57. The van der Waals surface area contributed by atoms with Crippen LogP contribution in [0.15, 0.2) is 35.2 Å². The smallest absolute Gasteiger partial charge is 0.0263 e. The van der Waals surface area contributed by atoms with Crippen LogP contribution >= 0.6 is 11.3 Å². The van der Waals surface area contributed by atoms with Crippen molar-refractivity contribution >= 4 is 11.3 Å². The van der Waals surface area contributed by atoms with Crippen LogP contribution in [0.25, 0.3) is 0 Å². The number of aryl methyl sites for hydroxylation is 2. The highest BCUT2D eigenvalue weighted by atomic mass is 32.1. The van der Waals surface area contributed by atoms with E-state index in [0.29, 0.717) is 0 Å². The monoisotopic (exact) mass is 234 g/mol. The molecule has 0 saturated carbocycles. The Hall–Kier alpha value is -1.06. The number of nitrogens with zero attached hydrogens (tertiary/aromatic N) is 1. The van der Waals surface area contributed by atoms with Crippen molar-refractivity contribution in [2.24, 2.45) is 5.73 Å². The Morgan fingerprint density at radius 1 is 1.44 bits per heavy atom. The first-order valence-electron chi connectivity index (χ1n) is 5.66. The predicted octanol–water partition coefficient (Wildman–Crippen LogP) is 2.68. The Labute approximate surface area is 101 Å². The van der Waals surface area contributed by atoms with E-state index in [4.69, 9.17) is 5.73 Å². The average Bonchev–Trinajstić information content (AvgIpc) is 2.84. The van der Waals surface area contributed by atoms with Gasteiger partial charge in [-0.15, -0.1) is 0 Å². The summed E-state index contributed by atoms with van der Waals surface area (Å²) in [6.45, 7) is 3.10. The lowest BCUT2D eigenvalue weighted by molar-refractivity contribution is 0.627. The summed E-state index contributed by atoms with van der Waals surface area (Å²) < 4.78 is 2.31. The summed E-state index contributed by atoms with van der Waals surface area (Å²) in [5.74, 6) is 0. The fourth-order valence-electron chi connectivity index (χ4n) is 1.87. The number of hydrogen-bond acceptors (Lipinski definition) is 2. The molecular formula is C13H18N2S. The van der Waals surface area contributed by atoms with E-state index in [1.54, 1.807) is 11.3 Å². The molecule has 0 aromatic carbocycles. The molecule has 2 heterocycles. The predicted molar refractivity (Wildman–Crippen MR) is 69.8 cm³/mol. The molecule has 16 heavy (non-hydrogen) atoms. The molecule has 1 atom stereocenters. The van der Waals surface area contributed by atoms with Crippen molar-refractivity contribution in [3.63, 3.8) is 0 Å². The van der Waals surface area contributed by atoms with Crippen LogP contribution in [0.1, 0.15) is 18.2 Å². The van der Waals surface area contributed by atoms with E-state index in [1.165, 1.54) is 11.3 Å². The first kappa shape index (κ1) is 11.4. The molecule has 0 aliphatic rings. The number of hydrogen-bond donors (Lipinski definition) is 1. The first-order valence-corrected chi connectivity index (χ1v) is 6.60. The van der Waals surface area contributed by atoms with Gasteiger partial charge in [-0.2, -0.15) is 11.3 Å². The molecule has 0 saturated heterocycles. The van der Waals surface area contributed by atoms with Gasteiger partial charge in [-0.05, 0) is 47.9 Å². The zero-order valence-corrected chi connectivity index (χ0v) is 10.4. The van der Waals surface area contributed by atoms with Crippen molar-refractivity contribution in [3.8, 4) is 0 Å². The third kappa shape index (κ3) is 2.97. The number of rotatable bonds is 5. The third-order valence-electron chi connectivity index (χ3n) is 2.68. The summed E-state index contributed by atoms with van der Waals surface area (Å²) in [6.07, 6.45) is 4.20. The Balaban J connectivity index is 1.96. The molecule has 3 heteroatoms. The lowest BCUT2D eigenvalue weighted by Crippen LogP contribution is -2.20. The highest BCUT2D eigenvalue weighted by Gasteiger charge is 2.03. The van der Waals surface area contributed by atoms with Gasteiger partial charge < -0.3 is 10.3 Å². The van der Waals surface area contributed by atoms with E-state index >= 15 is 0 Å². The van der Waals surface area contributed by atoms with Gasteiger partial charge in [-0.3, -0.25) is 0 Å². The van der Waals surface area contributed by atoms with Gasteiger partial charge in [0.05, 0.1) is 0 Å². The van der Waals surface area contributed by atoms with Crippen LogP contribution in [0, 0.1) is 0 Å². The van der Waals surface area contributed by atoms with Gasteiger partial charge in [0.1, 0.15) is 0 Å². The summed E-state index contributed by atoms with van der Waals surface area (Å²) in [6, 6.07) is 6.69. The first-order chi connectivity index (χ1) is 7.75. The maximum absolute atomic E-state index is 5.83. The maximum Gasteiger partial charge on any atom is 0.0263 e. The Morgan fingerprint density at radius 2 is 2.31 bits per heavy atom. The minimum Gasteiger partial charge on any atom is -0.351 e. The molecule has 2 aromatic rings. The molecule has 86 valence electrons. The van der Waals surface area contributed by atoms with E-state index in [1.807, 2.05) is 0 Å². The van der Waals surface area contributed by atoms with Gasteiger partial charge in [0.15, 0.2) is 0 Å². The molecule has 0 aliphatic heterocycles. The summed E-state index contributed by atoms with van der Waals surface area (Å²) in [4.78, 5) is 0. The molecule has 0 aliphatic carbocycles. The summed E-state index contributed by atoms with van der Waals surface area (Å²) >= 11 is 1.76. The minimum atomic E-state index is 0.231. The lowest BCUT2D eigenvalue weighted by Gasteiger charge is -2.10. The van der Waals surface area contributed by atoms with Gasteiger partial charge in [-0.25, -0.2) is 0 Å². The SMILES string of the molecule is CC(N)Cc1cccn1CCc1ccsc1. The van der Waals surface area contributed by atoms with Crippen molar-refractivity contribution < 1.29 is 0 Å². The molecule has 0 bridgehead atoms. The lowest BCUT2D eigenvalue weighted by atomic mass is 10.2. The van der Waals surface area contributed by atoms with Crippen LogP contribution in [0.2, 0.25) is 0 Å². The average molecular weight is 234 g/mol. The fraction of sp³-hybridized carbons (Fsp3) is 0.385. The van der Waals surface area contributed by atoms with E-state index in [0.717, 1.165) is 19.4 Å². The van der Waals surface area contributed by atoms with Crippen LogP contribution in [0.5, 0.6) is 0 Å². The van der Waals surface area contributed by atoms with E-state index < -0.39 is 0 Å². The Bertz CT molecular complexity index is 415. The van der Waals surface area contributed by atoms with Crippen LogP contribution in [0.4, 0.5) is 0 Å². The number of aromatic nitrogens is 1. The summed E-state index contributed by atoms with van der Waals surface area (Å²) in [5, 5.41) is 4.35. The van der Waals surface area contributed by atoms with Gasteiger partial charge in [0, 0.05) is 30.9 Å². The van der Waals surface area contributed by atoms with Crippen LogP contribution in [-0.4, -0.2) is 10.6 Å². The maximum atomic E-state index is 5.83. The zero-order valence-electron chi connectivity index (χ0n) is 9.60. The highest BCUT2D eigenvalue weighted by Crippen LogP contribution is 2.10. The molecule has 0 fully saturated rings. The Kier molecular flexibility index (Phi) is 3.80. The molecule has 2 aromatic heterocycles. The van der Waals surface area contributed by atoms with E-state index in [-0.39, 0.29) is 6.04 Å². The van der Waals surface area contributed by atoms with Gasteiger partial charge >= 0.3 is 0 Å². The van der Waals surface area contributed by atoms with Crippen LogP contribution < -0.4 is 5.73 Å².